The second-order valence-corrected chi connectivity index (χ2v) is 11.1. The molecule has 0 saturated heterocycles. The summed E-state index contributed by atoms with van der Waals surface area (Å²) in [5.41, 5.74) is 1.22. The Morgan fingerprint density at radius 2 is 1.67 bits per heavy atom. The van der Waals surface area contributed by atoms with Gasteiger partial charge in [-0.25, -0.2) is 4.79 Å². The molecule has 1 fully saturated rings. The third-order valence-electron chi connectivity index (χ3n) is 6.72. The van der Waals surface area contributed by atoms with Crippen LogP contribution in [0.5, 0.6) is 0 Å². The van der Waals surface area contributed by atoms with Gasteiger partial charge in [0.1, 0.15) is 17.7 Å². The predicted octanol–water partition coefficient (Wildman–Crippen LogP) is 5.65. The summed E-state index contributed by atoms with van der Waals surface area (Å²) in [6.07, 6.45) is 5.62. The first-order valence-electron chi connectivity index (χ1n) is 13.1. The van der Waals surface area contributed by atoms with Crippen molar-refractivity contribution in [2.24, 2.45) is 5.92 Å². The highest BCUT2D eigenvalue weighted by Gasteiger charge is 2.47. The Hall–Kier alpha value is -4.31. The van der Waals surface area contributed by atoms with Crippen LogP contribution in [0.25, 0.3) is 10.8 Å². The van der Waals surface area contributed by atoms with E-state index in [0.29, 0.717) is 16.8 Å². The van der Waals surface area contributed by atoms with Gasteiger partial charge in [0, 0.05) is 17.3 Å². The van der Waals surface area contributed by atoms with Crippen molar-refractivity contribution in [1.82, 2.24) is 10.2 Å². The number of fused-ring (bicyclic) bond motifs is 1. The fourth-order valence-corrected chi connectivity index (χ4v) is 4.62. The van der Waals surface area contributed by atoms with Crippen LogP contribution in [0.15, 0.2) is 66.7 Å². The van der Waals surface area contributed by atoms with E-state index in [1.807, 2.05) is 49.4 Å². The minimum absolute atomic E-state index is 0.153. The van der Waals surface area contributed by atoms with Crippen molar-refractivity contribution in [2.75, 3.05) is 5.32 Å². The lowest BCUT2D eigenvalue weighted by Gasteiger charge is -2.34. The number of nitrogens with one attached hydrogen (secondary N) is 2. The molecule has 4 atom stereocenters. The predicted molar refractivity (Wildman–Crippen MR) is 153 cm³/mol. The SMILES string of the molecule is C#Cc1ccc(C(C(=O)Nc2ccc3ccccc3c2)N(C(=O)C(C)NC(=O)OC(C)(C)C)C2CC2C)cc1. The molecule has 0 heterocycles. The summed E-state index contributed by atoms with van der Waals surface area (Å²) in [6, 6.07) is 18.7. The van der Waals surface area contributed by atoms with Gasteiger partial charge in [-0.1, -0.05) is 55.3 Å². The van der Waals surface area contributed by atoms with E-state index in [4.69, 9.17) is 11.2 Å². The van der Waals surface area contributed by atoms with Gasteiger partial charge in [-0.05, 0) is 80.6 Å². The zero-order valence-electron chi connectivity index (χ0n) is 23.0. The van der Waals surface area contributed by atoms with Gasteiger partial charge in [0.2, 0.25) is 5.91 Å². The molecule has 0 aromatic heterocycles. The number of nitrogens with zero attached hydrogens (tertiary/aromatic N) is 1. The average Bonchev–Trinajstić information content (AvgIpc) is 3.61. The van der Waals surface area contributed by atoms with E-state index in [1.165, 1.54) is 0 Å². The first-order chi connectivity index (χ1) is 18.5. The molecule has 0 spiro atoms. The molecule has 1 saturated carbocycles. The maximum atomic E-state index is 14.0. The van der Waals surface area contributed by atoms with Gasteiger partial charge in [0.15, 0.2) is 0 Å². The van der Waals surface area contributed by atoms with Crippen LogP contribution in [-0.2, 0) is 14.3 Å². The fourth-order valence-electron chi connectivity index (χ4n) is 4.62. The quantitative estimate of drug-likeness (QED) is 0.390. The number of carbonyl (C=O) groups excluding carboxylic acids is 3. The lowest BCUT2D eigenvalue weighted by Crippen LogP contribution is -2.52. The molecule has 4 rings (SSSR count). The minimum atomic E-state index is -0.936. The number of ether oxygens (including phenoxy) is 1. The van der Waals surface area contributed by atoms with Gasteiger partial charge >= 0.3 is 6.09 Å². The lowest BCUT2D eigenvalue weighted by atomic mass is 10.0. The molecule has 2 N–H and O–H groups in total. The van der Waals surface area contributed by atoms with Crippen molar-refractivity contribution in [2.45, 2.75) is 64.8 Å². The molecule has 0 aliphatic heterocycles. The molecule has 3 aromatic carbocycles. The summed E-state index contributed by atoms with van der Waals surface area (Å²) < 4.78 is 5.35. The number of terminal acetylenes is 1. The van der Waals surface area contributed by atoms with Gasteiger partial charge in [-0.15, -0.1) is 6.42 Å². The van der Waals surface area contributed by atoms with Gasteiger partial charge in [-0.2, -0.15) is 0 Å². The highest BCUT2D eigenvalue weighted by molar-refractivity contribution is 6.00. The van der Waals surface area contributed by atoms with Crippen molar-refractivity contribution in [3.05, 3.63) is 77.9 Å². The van der Waals surface area contributed by atoms with Crippen LogP contribution in [0, 0.1) is 18.3 Å². The van der Waals surface area contributed by atoms with Crippen molar-refractivity contribution in [3.8, 4) is 12.3 Å². The normalized spacial score (nSPS) is 17.8. The number of benzene rings is 3. The molecule has 4 unspecified atom stereocenters. The van der Waals surface area contributed by atoms with Gasteiger partial charge < -0.3 is 20.3 Å². The van der Waals surface area contributed by atoms with Crippen LogP contribution < -0.4 is 10.6 Å². The summed E-state index contributed by atoms with van der Waals surface area (Å²) in [5.74, 6) is 2.08. The Bertz CT molecular complexity index is 1420. The zero-order chi connectivity index (χ0) is 28.3. The fraction of sp³-hybridized carbons (Fsp3) is 0.344. The number of rotatable bonds is 7. The Morgan fingerprint density at radius 3 is 2.26 bits per heavy atom. The summed E-state index contributed by atoms with van der Waals surface area (Å²) in [6.45, 7) is 8.90. The van der Waals surface area contributed by atoms with Crippen molar-refractivity contribution in [1.29, 1.82) is 0 Å². The van der Waals surface area contributed by atoms with Gasteiger partial charge in [0.05, 0.1) is 0 Å². The number of hydrogen-bond donors (Lipinski definition) is 2. The van der Waals surface area contributed by atoms with Crippen molar-refractivity contribution >= 4 is 34.4 Å². The van der Waals surface area contributed by atoms with Crippen LogP contribution in [0.2, 0.25) is 0 Å². The van der Waals surface area contributed by atoms with E-state index in [9.17, 15) is 14.4 Å². The number of amides is 3. The zero-order valence-corrected chi connectivity index (χ0v) is 23.0. The maximum Gasteiger partial charge on any atom is 0.408 e. The highest BCUT2D eigenvalue weighted by atomic mass is 16.6. The molecule has 202 valence electrons. The minimum Gasteiger partial charge on any atom is -0.444 e. The molecule has 3 aromatic rings. The average molecular weight is 526 g/mol. The Labute approximate surface area is 229 Å². The van der Waals surface area contributed by atoms with Crippen molar-refractivity contribution in [3.63, 3.8) is 0 Å². The summed E-state index contributed by atoms with van der Waals surface area (Å²) in [4.78, 5) is 41.9. The molecular formula is C32H35N3O4. The molecule has 0 radical (unpaired) electrons. The van der Waals surface area contributed by atoms with Gasteiger partial charge in [-0.3, -0.25) is 9.59 Å². The van der Waals surface area contributed by atoms with E-state index in [0.717, 1.165) is 17.2 Å². The Kier molecular flexibility index (Phi) is 7.96. The molecule has 39 heavy (non-hydrogen) atoms. The largest absolute Gasteiger partial charge is 0.444 e. The summed E-state index contributed by atoms with van der Waals surface area (Å²) in [7, 11) is 0. The number of hydrogen-bond acceptors (Lipinski definition) is 4. The van der Waals surface area contributed by atoms with E-state index in [1.54, 1.807) is 56.9 Å². The molecule has 1 aliphatic carbocycles. The van der Waals surface area contributed by atoms with E-state index in [-0.39, 0.29) is 23.8 Å². The van der Waals surface area contributed by atoms with Gasteiger partial charge in [0.25, 0.3) is 5.91 Å². The monoisotopic (exact) mass is 525 g/mol. The summed E-state index contributed by atoms with van der Waals surface area (Å²) in [5, 5.41) is 7.70. The molecule has 7 heteroatoms. The smallest absolute Gasteiger partial charge is 0.408 e. The highest BCUT2D eigenvalue weighted by Crippen LogP contribution is 2.41. The molecule has 1 aliphatic rings. The third-order valence-corrected chi connectivity index (χ3v) is 6.72. The van der Waals surface area contributed by atoms with Crippen LogP contribution in [0.4, 0.5) is 10.5 Å². The molecular weight excluding hydrogens is 490 g/mol. The van der Waals surface area contributed by atoms with E-state index >= 15 is 0 Å². The number of alkyl carbamates (subject to hydrolysis) is 1. The van der Waals surface area contributed by atoms with Crippen molar-refractivity contribution < 1.29 is 19.1 Å². The topological polar surface area (TPSA) is 87.7 Å². The van der Waals surface area contributed by atoms with Crippen LogP contribution in [0.1, 0.15) is 58.2 Å². The second-order valence-electron chi connectivity index (χ2n) is 11.1. The molecule has 0 bridgehead atoms. The first kappa shape index (κ1) is 27.7. The lowest BCUT2D eigenvalue weighted by molar-refractivity contribution is -0.141. The van der Waals surface area contributed by atoms with E-state index < -0.39 is 23.8 Å². The number of carbonyl (C=O) groups is 3. The van der Waals surface area contributed by atoms with Crippen LogP contribution in [0.3, 0.4) is 0 Å². The van der Waals surface area contributed by atoms with E-state index in [2.05, 4.69) is 16.6 Å². The molecule has 7 nitrogen and oxygen atoms in total. The Morgan fingerprint density at radius 1 is 1.03 bits per heavy atom. The second kappa shape index (κ2) is 11.2. The standard InChI is InChI=1S/C32H35N3O4/c1-7-22-12-14-24(15-13-22)28(29(36)34-26-17-16-23-10-8-9-11-25(23)19-26)35(27-18-20(27)2)30(37)21(3)33-31(38)39-32(4,5)6/h1,8-17,19-21,27-28H,18H2,2-6H3,(H,33,38)(H,34,36). The molecule has 3 amide bonds. The maximum absolute atomic E-state index is 14.0. The summed E-state index contributed by atoms with van der Waals surface area (Å²) >= 11 is 0. The third kappa shape index (κ3) is 6.77. The number of anilines is 1. The first-order valence-corrected chi connectivity index (χ1v) is 13.1. The Balaban J connectivity index is 1.67. The van der Waals surface area contributed by atoms with Crippen LogP contribution in [-0.4, -0.2) is 40.5 Å². The van der Waals surface area contributed by atoms with Crippen LogP contribution >= 0.6 is 0 Å².